The summed E-state index contributed by atoms with van der Waals surface area (Å²) in [4.78, 5) is 14.8. The molecule has 4 aromatic carbocycles. The summed E-state index contributed by atoms with van der Waals surface area (Å²) in [5, 5.41) is 1.81. The monoisotopic (exact) mass is 790 g/mol. The Morgan fingerprint density at radius 2 is 0.917 bits per heavy atom. The second kappa shape index (κ2) is 16.5. The molecule has 298 valence electrons. The van der Waals surface area contributed by atoms with Crippen molar-refractivity contribution < 1.29 is 18.9 Å². The summed E-state index contributed by atoms with van der Waals surface area (Å²) in [5.74, 6) is 3.06. The summed E-state index contributed by atoms with van der Waals surface area (Å²) < 4.78 is 25.4. The highest BCUT2D eigenvalue weighted by Crippen LogP contribution is 2.40. The number of benzene rings is 4. The molecule has 0 saturated carbocycles. The molecule has 0 fully saturated rings. The molecule has 6 aromatic rings. The van der Waals surface area contributed by atoms with Crippen LogP contribution in [0, 0.1) is 0 Å². The third-order valence-corrected chi connectivity index (χ3v) is 11.2. The Morgan fingerprint density at radius 3 is 1.37 bits per heavy atom. The van der Waals surface area contributed by atoms with Gasteiger partial charge in [0.15, 0.2) is 0 Å². The van der Waals surface area contributed by atoms with Crippen molar-refractivity contribution in [1.82, 2.24) is 9.55 Å². The molecule has 0 spiro atoms. The van der Waals surface area contributed by atoms with E-state index in [-0.39, 0.29) is 0 Å². The quantitative estimate of drug-likeness (QED) is 0.142. The van der Waals surface area contributed by atoms with Crippen LogP contribution in [0.15, 0.2) is 167 Å². The number of fused-ring (bicyclic) bond motifs is 6. The number of hydrogen-bond donors (Lipinski definition) is 1. The number of hydrogen-bond acceptors (Lipinski definition) is 6. The van der Waals surface area contributed by atoms with Gasteiger partial charge in [-0.3, -0.25) is 0 Å². The molecular formula is C52H46N4O4. The number of aliphatic imine (C=N–C) groups is 2. The van der Waals surface area contributed by atoms with Crippen LogP contribution in [0.4, 0.5) is 0 Å². The van der Waals surface area contributed by atoms with E-state index >= 15 is 0 Å². The van der Waals surface area contributed by atoms with Crippen molar-refractivity contribution in [3.63, 3.8) is 0 Å². The van der Waals surface area contributed by atoms with Gasteiger partial charge in [-0.05, 0) is 120 Å². The van der Waals surface area contributed by atoms with Gasteiger partial charge in [0.1, 0.15) is 23.0 Å². The summed E-state index contributed by atoms with van der Waals surface area (Å²) in [6, 6.07) is 39.3. The van der Waals surface area contributed by atoms with Crippen molar-refractivity contribution in [2.75, 3.05) is 28.4 Å². The number of H-pyrrole nitrogens is 1. The largest absolute Gasteiger partial charge is 0.497 e. The number of allylic oxidation sites excluding steroid dienone is 4. The predicted molar refractivity (Wildman–Crippen MR) is 242 cm³/mol. The highest BCUT2D eigenvalue weighted by molar-refractivity contribution is 6.31. The third kappa shape index (κ3) is 7.21. The number of methoxy groups -OCH3 is 4. The molecule has 8 heteroatoms. The molecular weight excluding hydrogens is 745 g/mol. The molecule has 60 heavy (non-hydrogen) atoms. The van der Waals surface area contributed by atoms with Gasteiger partial charge in [0.25, 0.3) is 0 Å². The fourth-order valence-corrected chi connectivity index (χ4v) is 8.23. The van der Waals surface area contributed by atoms with E-state index in [0.717, 1.165) is 132 Å². The minimum Gasteiger partial charge on any atom is -0.497 e. The summed E-state index contributed by atoms with van der Waals surface area (Å²) in [6.07, 6.45) is 12.8. The van der Waals surface area contributed by atoms with E-state index in [1.807, 2.05) is 48.5 Å². The van der Waals surface area contributed by atoms with Crippen LogP contribution >= 0.6 is 0 Å². The first kappa shape index (κ1) is 38.2. The zero-order valence-electron chi connectivity index (χ0n) is 34.5. The van der Waals surface area contributed by atoms with Crippen molar-refractivity contribution in [3.05, 3.63) is 201 Å². The average Bonchev–Trinajstić information content (AvgIpc) is 4.14. The van der Waals surface area contributed by atoms with Crippen LogP contribution in [0.2, 0.25) is 0 Å². The topological polar surface area (TPSA) is 82.4 Å². The third-order valence-electron chi connectivity index (χ3n) is 11.2. The Kier molecular flexibility index (Phi) is 10.5. The second-order valence-corrected chi connectivity index (χ2v) is 14.8. The van der Waals surface area contributed by atoms with Crippen LogP contribution in [-0.2, 0) is 6.54 Å². The standard InChI is InChI=1S/C52H46N4O4/c1-6-7-26-56-32-37-31-48(56)52(36-15-11-19-41(30-36)60-5)47-25-24-46(55-47)51(35-14-10-18-40(29-35)59-4)45-23-22-44(54-45)50(34-13-9-17-39(28-34)58-3)43-21-20-42(53-43)49(37)33-12-8-16-38(27-33)57-2/h8-25,27-32,54H,6-7,26H2,1-5H3. The maximum atomic E-state index is 5.79. The number of aromatic amines is 1. The molecule has 0 amide bonds. The van der Waals surface area contributed by atoms with E-state index in [9.17, 15) is 0 Å². The fraction of sp³-hybridized carbons (Fsp3) is 0.154. The highest BCUT2D eigenvalue weighted by Gasteiger charge is 2.26. The Labute approximate surface area is 350 Å². The molecule has 0 radical (unpaired) electrons. The smallest absolute Gasteiger partial charge is 0.119 e. The van der Waals surface area contributed by atoms with Crippen LogP contribution in [0.3, 0.4) is 0 Å². The van der Waals surface area contributed by atoms with Crippen LogP contribution in [-0.4, -0.2) is 49.4 Å². The average molecular weight is 791 g/mol. The molecule has 1 N–H and O–H groups in total. The molecule has 3 aliphatic heterocycles. The molecule has 9 rings (SSSR count). The first-order chi connectivity index (χ1) is 29.5. The summed E-state index contributed by atoms with van der Waals surface area (Å²) in [6.45, 7) is 3.04. The lowest BCUT2D eigenvalue weighted by atomic mass is 9.95. The summed E-state index contributed by atoms with van der Waals surface area (Å²) >= 11 is 0. The van der Waals surface area contributed by atoms with E-state index in [4.69, 9.17) is 28.9 Å². The maximum absolute atomic E-state index is 5.79. The zero-order valence-corrected chi connectivity index (χ0v) is 34.5. The molecule has 5 heterocycles. The van der Waals surface area contributed by atoms with E-state index in [2.05, 4.69) is 114 Å². The van der Waals surface area contributed by atoms with Gasteiger partial charge >= 0.3 is 0 Å². The molecule has 0 unspecified atom stereocenters. The zero-order chi connectivity index (χ0) is 41.2. The number of aromatic nitrogens is 2. The van der Waals surface area contributed by atoms with Crippen LogP contribution in [0.1, 0.15) is 53.3 Å². The van der Waals surface area contributed by atoms with Gasteiger partial charge in [0.2, 0.25) is 0 Å². The van der Waals surface area contributed by atoms with Gasteiger partial charge in [-0.25, -0.2) is 9.98 Å². The van der Waals surface area contributed by atoms with Gasteiger partial charge in [0.05, 0.1) is 57.0 Å². The number of nitrogens with zero attached hydrogens (tertiary/aromatic N) is 3. The summed E-state index contributed by atoms with van der Waals surface area (Å²) in [5.41, 5.74) is 13.3. The van der Waals surface area contributed by atoms with E-state index < -0.39 is 0 Å². The molecule has 0 aliphatic carbocycles. The van der Waals surface area contributed by atoms with Gasteiger partial charge in [-0.15, -0.1) is 0 Å². The first-order valence-corrected chi connectivity index (χ1v) is 20.2. The van der Waals surface area contributed by atoms with E-state index in [0.29, 0.717) is 0 Å². The summed E-state index contributed by atoms with van der Waals surface area (Å²) in [7, 11) is 6.80. The van der Waals surface area contributed by atoms with Crippen LogP contribution in [0.25, 0.3) is 22.3 Å². The number of unbranched alkanes of at least 4 members (excludes halogenated alkanes) is 1. The second-order valence-electron chi connectivity index (χ2n) is 14.8. The number of nitrogens with one attached hydrogen (secondary N) is 1. The Hall–Kier alpha value is -7.32. The van der Waals surface area contributed by atoms with Gasteiger partial charge in [-0.1, -0.05) is 61.9 Å². The van der Waals surface area contributed by atoms with Crippen molar-refractivity contribution in [3.8, 4) is 23.0 Å². The van der Waals surface area contributed by atoms with Crippen molar-refractivity contribution in [2.45, 2.75) is 26.3 Å². The molecule has 0 atom stereocenters. The van der Waals surface area contributed by atoms with Crippen molar-refractivity contribution in [1.29, 1.82) is 0 Å². The van der Waals surface area contributed by atoms with Gasteiger partial charge in [-0.2, -0.15) is 0 Å². The molecule has 2 aromatic heterocycles. The number of rotatable bonds is 11. The minimum absolute atomic E-state index is 0.760. The molecule has 8 nitrogen and oxygen atoms in total. The van der Waals surface area contributed by atoms with E-state index in [1.54, 1.807) is 28.4 Å². The van der Waals surface area contributed by atoms with Crippen molar-refractivity contribution in [2.24, 2.45) is 9.98 Å². The molecule has 0 saturated heterocycles. The Morgan fingerprint density at radius 1 is 0.483 bits per heavy atom. The normalized spacial score (nSPS) is 14.5. The SMILES string of the molecule is CCCCn1cc2cc1C(c1cccc(OC)c1)=C1C=CC(=N1)C(c1cccc(OC)c1)=c1ccc([nH]1)=C(c1cccc(OC)c1)C1=NC(=C2c2cccc(OC)c2)C=C1. The van der Waals surface area contributed by atoms with Crippen LogP contribution in [0.5, 0.6) is 23.0 Å². The first-order valence-electron chi connectivity index (χ1n) is 20.2. The maximum Gasteiger partial charge on any atom is 0.119 e. The lowest BCUT2D eigenvalue weighted by molar-refractivity contribution is 0.414. The Bertz CT molecular complexity index is 2970. The van der Waals surface area contributed by atoms with Gasteiger partial charge < -0.3 is 28.5 Å². The Balaban J connectivity index is 1.44. The van der Waals surface area contributed by atoms with Crippen molar-refractivity contribution >= 4 is 33.7 Å². The van der Waals surface area contributed by atoms with E-state index in [1.165, 1.54) is 0 Å². The number of aryl methyl sites for hydroxylation is 1. The lowest BCUT2D eigenvalue weighted by Gasteiger charge is -2.15. The lowest BCUT2D eigenvalue weighted by Crippen LogP contribution is -2.21. The predicted octanol–water partition coefficient (Wildman–Crippen LogP) is 9.30. The number of ether oxygens (including phenoxy) is 4. The highest BCUT2D eigenvalue weighted by atomic mass is 16.5. The molecule has 8 bridgehead atoms. The van der Waals surface area contributed by atoms with Crippen LogP contribution < -0.4 is 29.6 Å². The molecule has 3 aliphatic rings. The fourth-order valence-electron chi connectivity index (χ4n) is 8.23. The van der Waals surface area contributed by atoms with Gasteiger partial charge in [0, 0.05) is 51.3 Å². The minimum atomic E-state index is 0.760.